The number of primary amides is 1. The fourth-order valence-electron chi connectivity index (χ4n) is 4.87. The summed E-state index contributed by atoms with van der Waals surface area (Å²) in [6.07, 6.45) is 1.44. The van der Waals surface area contributed by atoms with Crippen LogP contribution in [0.1, 0.15) is 51.5 Å². The van der Waals surface area contributed by atoms with Crippen LogP contribution in [0.25, 0.3) is 28.4 Å². The molecule has 0 aliphatic carbocycles. The van der Waals surface area contributed by atoms with Crippen LogP contribution >= 0.6 is 0 Å². The molecule has 2 aliphatic rings. The van der Waals surface area contributed by atoms with E-state index in [1.165, 1.54) is 22.8 Å². The van der Waals surface area contributed by atoms with Crippen molar-refractivity contribution in [2.45, 2.75) is 39.0 Å². The molecule has 2 aliphatic heterocycles. The van der Waals surface area contributed by atoms with Gasteiger partial charge in [-0.25, -0.2) is 14.2 Å². The number of hydrogen-bond donors (Lipinski definition) is 2. The van der Waals surface area contributed by atoms with Crippen molar-refractivity contribution < 1.29 is 23.8 Å². The van der Waals surface area contributed by atoms with Gasteiger partial charge in [0.1, 0.15) is 12.4 Å². The topological polar surface area (TPSA) is 125 Å². The van der Waals surface area contributed by atoms with Crippen LogP contribution in [0.4, 0.5) is 4.39 Å². The van der Waals surface area contributed by atoms with E-state index in [1.54, 1.807) is 13.8 Å². The number of carbonyl (C=O) groups is 2. The Morgan fingerprint density at radius 2 is 2.12 bits per heavy atom. The molecular formula is C24H20FN3O5. The van der Waals surface area contributed by atoms with Crippen LogP contribution in [0.3, 0.4) is 0 Å². The number of cyclic esters (lactones) is 1. The monoisotopic (exact) mass is 449 g/mol. The smallest absolute Gasteiger partial charge is 0.343 e. The van der Waals surface area contributed by atoms with Gasteiger partial charge in [0.25, 0.3) is 5.56 Å². The minimum atomic E-state index is -1.98. The highest BCUT2D eigenvalue weighted by atomic mass is 19.1. The second-order valence-electron chi connectivity index (χ2n) is 8.28. The van der Waals surface area contributed by atoms with Gasteiger partial charge in [0.15, 0.2) is 5.60 Å². The van der Waals surface area contributed by atoms with Crippen molar-refractivity contribution in [2.75, 3.05) is 0 Å². The molecule has 168 valence electrons. The number of halogens is 1. The predicted octanol–water partition coefficient (Wildman–Crippen LogP) is 2.27. The first-order chi connectivity index (χ1) is 15.6. The number of aromatic nitrogens is 2. The lowest BCUT2D eigenvalue weighted by atomic mass is 9.86. The van der Waals surface area contributed by atoms with Crippen molar-refractivity contribution in [3.8, 4) is 11.4 Å². The number of aliphatic hydroxyl groups is 1. The van der Waals surface area contributed by atoms with E-state index < -0.39 is 28.9 Å². The van der Waals surface area contributed by atoms with E-state index in [1.807, 2.05) is 0 Å². The maximum Gasteiger partial charge on any atom is 0.343 e. The molecule has 0 fully saturated rings. The molecule has 0 bridgehead atoms. The highest BCUT2D eigenvalue weighted by Crippen LogP contribution is 2.41. The van der Waals surface area contributed by atoms with Crippen LogP contribution < -0.4 is 11.3 Å². The zero-order valence-corrected chi connectivity index (χ0v) is 18.0. The normalized spacial score (nSPS) is 18.5. The fourth-order valence-corrected chi connectivity index (χ4v) is 4.87. The predicted molar refractivity (Wildman–Crippen MR) is 118 cm³/mol. The molecule has 0 unspecified atom stereocenters. The number of esters is 1. The number of fused-ring (bicyclic) bond motifs is 5. The summed E-state index contributed by atoms with van der Waals surface area (Å²) in [5.74, 6) is -2.11. The second kappa shape index (κ2) is 6.82. The van der Waals surface area contributed by atoms with Gasteiger partial charge < -0.3 is 20.1 Å². The van der Waals surface area contributed by atoms with E-state index >= 15 is 0 Å². The van der Waals surface area contributed by atoms with E-state index in [9.17, 15) is 23.9 Å². The van der Waals surface area contributed by atoms with Crippen LogP contribution in [-0.2, 0) is 28.3 Å². The van der Waals surface area contributed by atoms with E-state index in [0.29, 0.717) is 27.8 Å². The summed E-state index contributed by atoms with van der Waals surface area (Å²) >= 11 is 0. The Morgan fingerprint density at radius 1 is 1.39 bits per heavy atom. The molecular weight excluding hydrogens is 429 g/mol. The number of carbonyl (C=O) groups excluding carboxylic acids is 2. The molecule has 0 spiro atoms. The average molecular weight is 449 g/mol. The van der Waals surface area contributed by atoms with Crippen molar-refractivity contribution >= 4 is 28.9 Å². The second-order valence-corrected chi connectivity index (χ2v) is 8.28. The number of hydrogen-bond acceptors (Lipinski definition) is 6. The number of ether oxygens (including phenoxy) is 1. The first-order valence-electron chi connectivity index (χ1n) is 10.4. The third-order valence-corrected chi connectivity index (χ3v) is 6.67. The molecule has 4 heterocycles. The van der Waals surface area contributed by atoms with Crippen LogP contribution in [0.5, 0.6) is 0 Å². The molecule has 1 amide bonds. The van der Waals surface area contributed by atoms with Gasteiger partial charge in [-0.15, -0.1) is 0 Å². The van der Waals surface area contributed by atoms with Crippen molar-refractivity contribution in [3.05, 3.63) is 68.3 Å². The molecule has 0 saturated heterocycles. The largest absolute Gasteiger partial charge is 0.458 e. The lowest BCUT2D eigenvalue weighted by Crippen LogP contribution is -2.44. The van der Waals surface area contributed by atoms with Crippen LogP contribution in [0.15, 0.2) is 23.5 Å². The van der Waals surface area contributed by atoms with Crippen molar-refractivity contribution in [2.24, 2.45) is 5.73 Å². The van der Waals surface area contributed by atoms with Crippen LogP contribution in [0.2, 0.25) is 0 Å². The highest BCUT2D eigenvalue weighted by Gasteiger charge is 2.45. The molecule has 8 nitrogen and oxygen atoms in total. The molecule has 1 aromatic carbocycles. The Bertz CT molecular complexity index is 1510. The standard InChI is InChI=1S/C24H20FN3O5/c1-4-11-10(3)15(25)7-16-18(11)19(21(26)29)12-8-28-17(20(12)27-16)6-14-13(22(28)30)9-33-23(31)24(14,32)5-2/h4,6-7,32H,1,5,8-9H2,2-3H3,(H2,26,29)/t24-/m0/s1. The lowest BCUT2D eigenvalue weighted by molar-refractivity contribution is -0.172. The summed E-state index contributed by atoms with van der Waals surface area (Å²) in [6, 6.07) is 2.73. The van der Waals surface area contributed by atoms with E-state index in [-0.39, 0.29) is 47.5 Å². The van der Waals surface area contributed by atoms with Crippen LogP contribution in [0, 0.1) is 12.7 Å². The number of pyridine rings is 2. The van der Waals surface area contributed by atoms with Gasteiger partial charge in [-0.1, -0.05) is 19.6 Å². The molecule has 1 atom stereocenters. The van der Waals surface area contributed by atoms with Gasteiger partial charge in [-0.2, -0.15) is 0 Å². The summed E-state index contributed by atoms with van der Waals surface area (Å²) < 4.78 is 21.1. The maximum atomic E-state index is 14.6. The highest BCUT2D eigenvalue weighted by molar-refractivity contribution is 6.11. The molecule has 3 aromatic rings. The average Bonchev–Trinajstić information content (AvgIpc) is 3.14. The minimum absolute atomic E-state index is 0.000544. The third kappa shape index (κ3) is 2.59. The van der Waals surface area contributed by atoms with Gasteiger partial charge >= 0.3 is 5.97 Å². The van der Waals surface area contributed by atoms with Gasteiger partial charge in [0.2, 0.25) is 5.91 Å². The van der Waals surface area contributed by atoms with E-state index in [2.05, 4.69) is 11.6 Å². The Morgan fingerprint density at radius 3 is 2.76 bits per heavy atom. The zero-order valence-electron chi connectivity index (χ0n) is 18.0. The number of benzene rings is 1. The molecule has 33 heavy (non-hydrogen) atoms. The van der Waals surface area contributed by atoms with Gasteiger partial charge in [-0.05, 0) is 30.5 Å². The number of rotatable bonds is 3. The molecule has 0 saturated carbocycles. The molecule has 5 rings (SSSR count). The zero-order chi connectivity index (χ0) is 23.8. The molecule has 9 heteroatoms. The fraction of sp³-hybridized carbons (Fsp3) is 0.250. The molecule has 3 N–H and O–H groups in total. The van der Waals surface area contributed by atoms with E-state index in [4.69, 9.17) is 10.5 Å². The number of nitrogens with two attached hydrogens (primary N) is 1. The first kappa shape index (κ1) is 21.0. The Hall–Kier alpha value is -3.85. The quantitative estimate of drug-likeness (QED) is 0.463. The number of nitrogens with zero attached hydrogens (tertiary/aromatic N) is 2. The molecule has 2 aromatic heterocycles. The Labute approximate surface area is 187 Å². The summed E-state index contributed by atoms with van der Waals surface area (Å²) in [5.41, 5.74) is 5.62. The van der Waals surface area contributed by atoms with Crippen molar-refractivity contribution in [3.63, 3.8) is 0 Å². The minimum Gasteiger partial charge on any atom is -0.458 e. The first-order valence-corrected chi connectivity index (χ1v) is 10.4. The summed E-state index contributed by atoms with van der Waals surface area (Å²) in [6.45, 7) is 6.65. The lowest BCUT2D eigenvalue weighted by Gasteiger charge is -2.31. The van der Waals surface area contributed by atoms with Crippen molar-refractivity contribution in [1.82, 2.24) is 9.55 Å². The number of amides is 1. The van der Waals surface area contributed by atoms with Crippen molar-refractivity contribution in [1.29, 1.82) is 0 Å². The van der Waals surface area contributed by atoms with Gasteiger partial charge in [0, 0.05) is 22.6 Å². The Kier molecular flexibility index (Phi) is 4.35. The van der Waals surface area contributed by atoms with Gasteiger partial charge in [-0.3, -0.25) is 9.59 Å². The summed E-state index contributed by atoms with van der Waals surface area (Å²) in [7, 11) is 0. The summed E-state index contributed by atoms with van der Waals surface area (Å²) in [5, 5.41) is 11.3. The molecule has 0 radical (unpaired) electrons. The maximum absolute atomic E-state index is 14.6. The summed E-state index contributed by atoms with van der Waals surface area (Å²) in [4.78, 5) is 42.8. The third-order valence-electron chi connectivity index (χ3n) is 6.67. The van der Waals surface area contributed by atoms with Crippen LogP contribution in [-0.4, -0.2) is 26.5 Å². The van der Waals surface area contributed by atoms with E-state index in [0.717, 1.165) is 0 Å². The van der Waals surface area contributed by atoms with Gasteiger partial charge in [0.05, 0.1) is 34.6 Å². The Balaban J connectivity index is 1.91. The SMILES string of the molecule is C=Cc1c(C)c(F)cc2nc3c(c(C(N)=O)c12)Cn1c-3cc2c(c1=O)COC(=O)[C@]2(O)CC.